The molecule has 3 N–H and O–H groups in total. The Labute approximate surface area is 86.2 Å². The molecule has 2 rings (SSSR count). The van der Waals surface area contributed by atoms with Gasteiger partial charge in [0, 0.05) is 11.3 Å². The Bertz CT molecular complexity index is 434. The molecule has 1 amide bonds. The molecular formula is C10H10N2O3. The van der Waals surface area contributed by atoms with Crippen LogP contribution in [0.15, 0.2) is 24.3 Å². The van der Waals surface area contributed by atoms with Gasteiger partial charge in [0.1, 0.15) is 0 Å². The summed E-state index contributed by atoms with van der Waals surface area (Å²) in [6, 6.07) is 6.78. The molecule has 5 heteroatoms. The average Bonchev–Trinajstić information content (AvgIpc) is 2.52. The normalized spacial score (nSPS) is 23.2. The molecule has 1 aromatic rings. The Morgan fingerprint density at radius 2 is 2.13 bits per heavy atom. The van der Waals surface area contributed by atoms with Gasteiger partial charge in [0.15, 0.2) is 0 Å². The van der Waals surface area contributed by atoms with Gasteiger partial charge in [-0.25, -0.2) is 4.79 Å². The highest BCUT2D eigenvalue weighted by Crippen LogP contribution is 2.34. The van der Waals surface area contributed by atoms with Gasteiger partial charge in [0.05, 0.1) is 7.11 Å². The first-order chi connectivity index (χ1) is 7.10. The Kier molecular flexibility index (Phi) is 1.97. The lowest BCUT2D eigenvalue weighted by Gasteiger charge is -2.18. The standard InChI is InChI=1S/C10H10N2O3/c1-15-9(14)10(11)6-4-2-3-5-7(6)12-8(10)13/h2-5H,11H2,1H3,(H,12,13)/t10-/m1/s1. The largest absolute Gasteiger partial charge is 0.467 e. The zero-order valence-corrected chi connectivity index (χ0v) is 8.11. The molecule has 15 heavy (non-hydrogen) atoms. The number of nitrogens with two attached hydrogens (primary N) is 1. The number of hydrogen-bond donors (Lipinski definition) is 2. The van der Waals surface area contributed by atoms with E-state index < -0.39 is 17.4 Å². The van der Waals surface area contributed by atoms with E-state index in [9.17, 15) is 9.59 Å². The molecule has 1 heterocycles. The lowest BCUT2D eigenvalue weighted by atomic mass is 9.93. The fourth-order valence-corrected chi connectivity index (χ4v) is 1.64. The fraction of sp³-hybridized carbons (Fsp3) is 0.200. The predicted octanol–water partition coefficient (Wildman–Crippen LogP) is -0.0343. The maximum Gasteiger partial charge on any atom is 0.340 e. The number of ether oxygens (including phenoxy) is 1. The van der Waals surface area contributed by atoms with Crippen molar-refractivity contribution in [3.8, 4) is 0 Å². The molecule has 1 aromatic carbocycles. The number of methoxy groups -OCH3 is 1. The molecule has 0 saturated carbocycles. The summed E-state index contributed by atoms with van der Waals surface area (Å²) in [6.07, 6.45) is 0. The summed E-state index contributed by atoms with van der Waals surface area (Å²) >= 11 is 0. The highest BCUT2D eigenvalue weighted by atomic mass is 16.5. The first kappa shape index (κ1) is 9.67. The van der Waals surface area contributed by atoms with Crippen molar-refractivity contribution in [3.63, 3.8) is 0 Å². The number of hydrogen-bond acceptors (Lipinski definition) is 4. The highest BCUT2D eigenvalue weighted by molar-refractivity contribution is 6.18. The van der Waals surface area contributed by atoms with Gasteiger partial charge < -0.3 is 15.8 Å². The first-order valence-electron chi connectivity index (χ1n) is 4.39. The summed E-state index contributed by atoms with van der Waals surface area (Å²) in [5, 5.41) is 2.54. The zero-order valence-electron chi connectivity index (χ0n) is 8.11. The van der Waals surface area contributed by atoms with Crippen molar-refractivity contribution >= 4 is 17.6 Å². The Balaban J connectivity index is 2.59. The second-order valence-corrected chi connectivity index (χ2v) is 3.30. The summed E-state index contributed by atoms with van der Waals surface area (Å²) in [4.78, 5) is 23.1. The SMILES string of the molecule is COC(=O)[C@]1(N)C(=O)Nc2ccccc21. The molecule has 1 aliphatic rings. The van der Waals surface area contributed by atoms with Crippen molar-refractivity contribution in [1.82, 2.24) is 0 Å². The van der Waals surface area contributed by atoms with E-state index in [1.807, 2.05) is 0 Å². The number of esters is 1. The van der Waals surface area contributed by atoms with E-state index in [1.54, 1.807) is 24.3 Å². The van der Waals surface area contributed by atoms with Crippen molar-refractivity contribution < 1.29 is 14.3 Å². The number of nitrogens with one attached hydrogen (secondary N) is 1. The number of amides is 1. The van der Waals surface area contributed by atoms with Gasteiger partial charge in [-0.05, 0) is 6.07 Å². The van der Waals surface area contributed by atoms with Gasteiger partial charge in [0.2, 0.25) is 5.54 Å². The van der Waals surface area contributed by atoms with Crippen molar-refractivity contribution in [1.29, 1.82) is 0 Å². The Morgan fingerprint density at radius 1 is 1.47 bits per heavy atom. The van der Waals surface area contributed by atoms with Gasteiger partial charge in [-0.1, -0.05) is 18.2 Å². The first-order valence-corrected chi connectivity index (χ1v) is 4.39. The maximum atomic E-state index is 11.6. The quantitative estimate of drug-likeness (QED) is 0.499. The van der Waals surface area contributed by atoms with Gasteiger partial charge in [-0.2, -0.15) is 0 Å². The third kappa shape index (κ3) is 1.13. The van der Waals surface area contributed by atoms with Gasteiger partial charge in [0.25, 0.3) is 5.91 Å². The lowest BCUT2D eigenvalue weighted by Crippen LogP contribution is -2.51. The molecule has 0 fully saturated rings. The third-order valence-corrected chi connectivity index (χ3v) is 2.47. The molecule has 1 aliphatic heterocycles. The molecule has 78 valence electrons. The average molecular weight is 206 g/mol. The topological polar surface area (TPSA) is 81.4 Å². The summed E-state index contributed by atoms with van der Waals surface area (Å²) in [6.45, 7) is 0. The number of anilines is 1. The van der Waals surface area contributed by atoms with Crippen LogP contribution in [-0.2, 0) is 19.9 Å². The molecule has 0 aliphatic carbocycles. The monoisotopic (exact) mass is 206 g/mol. The number of carbonyl (C=O) groups excluding carboxylic acids is 2. The molecule has 5 nitrogen and oxygen atoms in total. The molecule has 0 aromatic heterocycles. The molecule has 0 radical (unpaired) electrons. The predicted molar refractivity (Wildman–Crippen MR) is 53.0 cm³/mol. The highest BCUT2D eigenvalue weighted by Gasteiger charge is 2.50. The van der Waals surface area contributed by atoms with Crippen LogP contribution in [0.1, 0.15) is 5.56 Å². The van der Waals surface area contributed by atoms with Crippen LogP contribution >= 0.6 is 0 Å². The van der Waals surface area contributed by atoms with Crippen LogP contribution in [0.2, 0.25) is 0 Å². The molecule has 0 spiro atoms. The van der Waals surface area contributed by atoms with Crippen LogP contribution < -0.4 is 11.1 Å². The molecule has 0 bridgehead atoms. The lowest BCUT2D eigenvalue weighted by molar-refractivity contribution is -0.150. The van der Waals surface area contributed by atoms with Crippen LogP contribution in [0.4, 0.5) is 5.69 Å². The van der Waals surface area contributed by atoms with Crippen LogP contribution in [0.5, 0.6) is 0 Å². The number of para-hydroxylation sites is 1. The maximum absolute atomic E-state index is 11.6. The summed E-state index contributed by atoms with van der Waals surface area (Å²) in [7, 11) is 1.20. The minimum Gasteiger partial charge on any atom is -0.467 e. The zero-order chi connectivity index (χ0) is 11.1. The van der Waals surface area contributed by atoms with Crippen molar-refractivity contribution in [2.24, 2.45) is 5.73 Å². The third-order valence-electron chi connectivity index (χ3n) is 2.47. The summed E-state index contributed by atoms with van der Waals surface area (Å²) in [5.74, 6) is -1.32. The van der Waals surface area contributed by atoms with Gasteiger partial charge >= 0.3 is 5.97 Å². The second-order valence-electron chi connectivity index (χ2n) is 3.30. The van der Waals surface area contributed by atoms with Crippen LogP contribution in [0, 0.1) is 0 Å². The van der Waals surface area contributed by atoms with Crippen LogP contribution in [0.3, 0.4) is 0 Å². The Morgan fingerprint density at radius 3 is 2.80 bits per heavy atom. The molecule has 0 unspecified atom stereocenters. The number of fused-ring (bicyclic) bond motifs is 1. The van der Waals surface area contributed by atoms with Crippen molar-refractivity contribution in [2.45, 2.75) is 5.54 Å². The Hall–Kier alpha value is -1.88. The van der Waals surface area contributed by atoms with Gasteiger partial charge in [-0.3, -0.25) is 4.79 Å². The minimum atomic E-state index is -1.72. The number of benzene rings is 1. The van der Waals surface area contributed by atoms with E-state index in [0.717, 1.165) is 0 Å². The smallest absolute Gasteiger partial charge is 0.340 e. The summed E-state index contributed by atoms with van der Waals surface area (Å²) in [5.41, 5.74) is 5.06. The number of carbonyl (C=O) groups is 2. The van der Waals surface area contributed by atoms with E-state index in [1.165, 1.54) is 7.11 Å². The minimum absolute atomic E-state index is 0.446. The van der Waals surface area contributed by atoms with E-state index in [2.05, 4.69) is 10.1 Å². The van der Waals surface area contributed by atoms with Crippen molar-refractivity contribution in [3.05, 3.63) is 29.8 Å². The fourth-order valence-electron chi connectivity index (χ4n) is 1.64. The van der Waals surface area contributed by atoms with E-state index in [4.69, 9.17) is 5.73 Å². The molecule has 0 saturated heterocycles. The van der Waals surface area contributed by atoms with Gasteiger partial charge in [-0.15, -0.1) is 0 Å². The summed E-state index contributed by atoms with van der Waals surface area (Å²) < 4.78 is 4.54. The van der Waals surface area contributed by atoms with Crippen LogP contribution in [-0.4, -0.2) is 19.0 Å². The molecule has 1 atom stereocenters. The van der Waals surface area contributed by atoms with E-state index in [-0.39, 0.29) is 0 Å². The van der Waals surface area contributed by atoms with Crippen molar-refractivity contribution in [2.75, 3.05) is 12.4 Å². The molecular weight excluding hydrogens is 196 g/mol. The second kappa shape index (κ2) is 3.06. The van der Waals surface area contributed by atoms with E-state index >= 15 is 0 Å². The van der Waals surface area contributed by atoms with Crippen LogP contribution in [0.25, 0.3) is 0 Å². The van der Waals surface area contributed by atoms with E-state index in [0.29, 0.717) is 11.3 Å². The number of rotatable bonds is 1.